The number of ether oxygens (including phenoxy) is 1. The molecule has 1 aromatic carbocycles. The molecule has 12 heteroatoms. The Kier molecular flexibility index (Phi) is 11.4. The van der Waals surface area contributed by atoms with E-state index in [1.165, 1.54) is 0 Å². The molecule has 2 aliphatic carbocycles. The highest BCUT2D eigenvalue weighted by Gasteiger charge is 2.64. The van der Waals surface area contributed by atoms with Gasteiger partial charge >= 0.3 is 0 Å². The van der Waals surface area contributed by atoms with Crippen LogP contribution >= 0.6 is 0 Å². The zero-order valence-corrected chi connectivity index (χ0v) is 37.0. The van der Waals surface area contributed by atoms with Gasteiger partial charge < -0.3 is 15.0 Å². The van der Waals surface area contributed by atoms with E-state index in [0.717, 1.165) is 79.5 Å². The second-order valence-electron chi connectivity index (χ2n) is 20.9. The van der Waals surface area contributed by atoms with E-state index in [4.69, 9.17) is 9.72 Å². The average Bonchev–Trinajstić information content (AvgIpc) is 4.03. The summed E-state index contributed by atoms with van der Waals surface area (Å²) in [6, 6.07) is 6.71. The third kappa shape index (κ3) is 8.84. The molecule has 3 amide bonds. The standard InChI is InChI=1S/C46H67N5O6S/c1-31-38-34(33-17-14-15-18-35(33)47-31)20-21-45(57-38)29-37-39(52)48-46(41(54)49-58(55,56)44(8)22-23-44)28-32(46)16-12-10-9-11-13-19-36(40(53)51(37)30-45)50(26-24-42(2,3)4)27-25-43(5,6)7/h12,14-18,32,36-37H,9-11,13,19-30H2,1-8H3,(H,48,52)(H,49,54)/t32-,36+,37+,45-,46-/m1/s1. The van der Waals surface area contributed by atoms with Gasteiger partial charge in [-0.1, -0.05) is 84.7 Å². The Morgan fingerprint density at radius 3 is 2.36 bits per heavy atom. The minimum atomic E-state index is -3.95. The first-order valence-electron chi connectivity index (χ1n) is 21.8. The Labute approximate surface area is 346 Å². The fourth-order valence-corrected chi connectivity index (χ4v) is 10.5. The van der Waals surface area contributed by atoms with Gasteiger partial charge in [-0.15, -0.1) is 0 Å². The molecule has 2 N–H and O–H groups in total. The monoisotopic (exact) mass is 817 g/mol. The first-order chi connectivity index (χ1) is 27.1. The van der Waals surface area contributed by atoms with Crippen molar-refractivity contribution in [2.24, 2.45) is 16.7 Å². The molecule has 11 nitrogen and oxygen atoms in total. The summed E-state index contributed by atoms with van der Waals surface area (Å²) in [4.78, 5) is 53.6. The van der Waals surface area contributed by atoms with Crippen LogP contribution in [0.3, 0.4) is 0 Å². The summed E-state index contributed by atoms with van der Waals surface area (Å²) in [6.07, 6.45) is 12.9. The van der Waals surface area contributed by atoms with Crippen LogP contribution in [0, 0.1) is 23.7 Å². The van der Waals surface area contributed by atoms with Gasteiger partial charge in [0.05, 0.1) is 28.5 Å². The fourth-order valence-electron chi connectivity index (χ4n) is 9.21. The first kappa shape index (κ1) is 42.6. The Balaban J connectivity index is 1.26. The quantitative estimate of drug-likeness (QED) is 0.268. The second kappa shape index (κ2) is 15.5. The molecule has 5 atom stereocenters. The maximum Gasteiger partial charge on any atom is 0.259 e. The lowest BCUT2D eigenvalue weighted by atomic mass is 9.87. The van der Waals surface area contributed by atoms with E-state index in [9.17, 15) is 18.0 Å². The molecule has 7 rings (SSSR count). The molecule has 2 saturated carbocycles. The number of allylic oxidation sites excluding steroid dienone is 1. The number of hydrogen-bond donors (Lipinski definition) is 2. The molecule has 318 valence electrons. The molecular formula is C46H67N5O6S. The van der Waals surface area contributed by atoms with Crippen molar-refractivity contribution < 1.29 is 27.5 Å². The van der Waals surface area contributed by atoms with E-state index in [2.05, 4.69) is 68.6 Å². The molecule has 1 aromatic heterocycles. The van der Waals surface area contributed by atoms with Crippen molar-refractivity contribution in [3.63, 3.8) is 0 Å². The number of para-hydroxylation sites is 1. The number of pyridine rings is 1. The maximum absolute atomic E-state index is 15.5. The van der Waals surface area contributed by atoms with Crippen molar-refractivity contribution in [1.82, 2.24) is 24.8 Å². The number of hydrogen-bond acceptors (Lipinski definition) is 8. The van der Waals surface area contributed by atoms with E-state index in [0.29, 0.717) is 32.1 Å². The van der Waals surface area contributed by atoms with E-state index in [-0.39, 0.29) is 42.0 Å². The Hall–Kier alpha value is -3.51. The number of rotatable bonds is 8. The molecular weight excluding hydrogens is 751 g/mol. The average molecular weight is 818 g/mol. The molecule has 1 spiro atoms. The molecule has 58 heavy (non-hydrogen) atoms. The second-order valence-corrected chi connectivity index (χ2v) is 23.1. The number of nitrogens with zero attached hydrogens (tertiary/aromatic N) is 3. The highest BCUT2D eigenvalue weighted by molar-refractivity contribution is 7.91. The van der Waals surface area contributed by atoms with Gasteiger partial charge in [0, 0.05) is 23.3 Å². The van der Waals surface area contributed by atoms with Crippen LogP contribution in [0.4, 0.5) is 0 Å². The molecule has 0 radical (unpaired) electrons. The summed E-state index contributed by atoms with van der Waals surface area (Å²) < 4.78 is 35.1. The molecule has 0 unspecified atom stereocenters. The van der Waals surface area contributed by atoms with Crippen LogP contribution in [0.15, 0.2) is 36.4 Å². The highest BCUT2D eigenvalue weighted by Crippen LogP contribution is 2.49. The van der Waals surface area contributed by atoms with Crippen molar-refractivity contribution >= 4 is 38.6 Å². The number of sulfonamides is 1. The fraction of sp³-hybridized carbons (Fsp3) is 0.696. The lowest BCUT2D eigenvalue weighted by molar-refractivity contribution is -0.144. The molecule has 1 saturated heterocycles. The summed E-state index contributed by atoms with van der Waals surface area (Å²) >= 11 is 0. The largest absolute Gasteiger partial charge is 0.483 e. The molecule has 4 heterocycles. The van der Waals surface area contributed by atoms with Crippen molar-refractivity contribution in [3.05, 3.63) is 47.7 Å². The van der Waals surface area contributed by atoms with E-state index in [1.807, 2.05) is 31.2 Å². The number of benzene rings is 1. The summed E-state index contributed by atoms with van der Waals surface area (Å²) in [5.41, 5.74) is 0.630. The zero-order chi connectivity index (χ0) is 41.9. The van der Waals surface area contributed by atoms with E-state index >= 15 is 4.79 Å². The molecule has 0 bridgehead atoms. The summed E-state index contributed by atoms with van der Waals surface area (Å²) in [5, 5.41) is 4.14. The number of amides is 3. The van der Waals surface area contributed by atoms with Crippen molar-refractivity contribution in [2.75, 3.05) is 19.6 Å². The third-order valence-electron chi connectivity index (χ3n) is 13.6. The number of aryl methyl sites for hydroxylation is 2. The van der Waals surface area contributed by atoms with Crippen LogP contribution in [-0.4, -0.2) is 88.5 Å². The molecule has 2 aromatic rings. The number of nitrogens with one attached hydrogen (secondary N) is 2. The van der Waals surface area contributed by atoms with Crippen LogP contribution in [0.1, 0.15) is 137 Å². The van der Waals surface area contributed by atoms with Gasteiger partial charge in [-0.25, -0.2) is 13.4 Å². The van der Waals surface area contributed by atoms with Gasteiger partial charge in [-0.2, -0.15) is 0 Å². The summed E-state index contributed by atoms with van der Waals surface area (Å²) in [5.74, 6) is -0.870. The van der Waals surface area contributed by atoms with Crippen LogP contribution in [0.5, 0.6) is 5.75 Å². The van der Waals surface area contributed by atoms with Crippen LogP contribution in [-0.2, 0) is 30.8 Å². The van der Waals surface area contributed by atoms with E-state index < -0.39 is 49.8 Å². The Bertz CT molecular complexity index is 2050. The SMILES string of the molecule is Cc1nc2ccccc2c2c1O[C@]1(CC2)C[C@H]2C(=O)N[C@]3(C(=O)NS(=O)(=O)C4(C)CC4)C[C@H]3C=CCCCCC[C@H](N(CCC(C)(C)C)CCC(C)(C)C)C(=O)N2C1. The molecule has 5 aliphatic rings. The van der Waals surface area contributed by atoms with Crippen LogP contribution < -0.4 is 14.8 Å². The Morgan fingerprint density at radius 2 is 1.69 bits per heavy atom. The number of carbonyl (C=O) groups excluding carboxylic acids is 3. The summed E-state index contributed by atoms with van der Waals surface area (Å²) in [7, 11) is -3.95. The minimum absolute atomic E-state index is 0.0643. The highest BCUT2D eigenvalue weighted by atomic mass is 32.2. The van der Waals surface area contributed by atoms with Gasteiger partial charge in [0.1, 0.15) is 22.9 Å². The van der Waals surface area contributed by atoms with Gasteiger partial charge in [-0.05, 0) is 108 Å². The normalized spacial score (nSPS) is 28.8. The van der Waals surface area contributed by atoms with Gasteiger partial charge in [0.25, 0.3) is 5.91 Å². The van der Waals surface area contributed by atoms with Crippen LogP contribution in [0.25, 0.3) is 10.9 Å². The maximum atomic E-state index is 15.5. The smallest absolute Gasteiger partial charge is 0.259 e. The van der Waals surface area contributed by atoms with Gasteiger partial charge in [-0.3, -0.25) is 24.0 Å². The number of aromatic nitrogens is 1. The van der Waals surface area contributed by atoms with E-state index in [1.54, 1.807) is 11.8 Å². The zero-order valence-electron chi connectivity index (χ0n) is 36.2. The topological polar surface area (TPSA) is 138 Å². The van der Waals surface area contributed by atoms with Crippen molar-refractivity contribution in [2.45, 2.75) is 167 Å². The molecule has 3 aliphatic heterocycles. The third-order valence-corrected chi connectivity index (χ3v) is 15.8. The van der Waals surface area contributed by atoms with Crippen molar-refractivity contribution in [1.29, 1.82) is 0 Å². The number of fused-ring (bicyclic) bond motifs is 5. The Morgan fingerprint density at radius 1 is 1.00 bits per heavy atom. The van der Waals surface area contributed by atoms with Gasteiger partial charge in [0.15, 0.2) is 0 Å². The van der Waals surface area contributed by atoms with Crippen molar-refractivity contribution in [3.8, 4) is 5.75 Å². The predicted molar refractivity (Wildman–Crippen MR) is 228 cm³/mol. The minimum Gasteiger partial charge on any atom is -0.483 e. The lowest BCUT2D eigenvalue weighted by Gasteiger charge is -2.39. The molecule has 3 fully saturated rings. The number of carbonyl (C=O) groups is 3. The first-order valence-corrected chi connectivity index (χ1v) is 23.3. The lowest BCUT2D eigenvalue weighted by Crippen LogP contribution is -2.59. The van der Waals surface area contributed by atoms with Gasteiger partial charge in [0.2, 0.25) is 21.8 Å². The summed E-state index contributed by atoms with van der Waals surface area (Å²) in [6.45, 7) is 18.7. The van der Waals surface area contributed by atoms with Crippen LogP contribution in [0.2, 0.25) is 0 Å². The predicted octanol–water partition coefficient (Wildman–Crippen LogP) is 7.14.